The third-order valence-corrected chi connectivity index (χ3v) is 1.29. The van der Waals surface area contributed by atoms with E-state index in [1.54, 1.807) is 6.20 Å². The maximum absolute atomic E-state index is 10.2. The maximum atomic E-state index is 10.2. The van der Waals surface area contributed by atoms with Crippen molar-refractivity contribution in [2.45, 2.75) is 0 Å². The largest absolute Gasteiger partial charge is 0.368 e. The average molecular weight is 201 g/mol. The molecule has 1 heterocycles. The lowest BCUT2D eigenvalue weighted by Crippen LogP contribution is -2.19. The summed E-state index contributed by atoms with van der Waals surface area (Å²) in [5, 5.41) is 0.0197. The van der Waals surface area contributed by atoms with Crippen molar-refractivity contribution in [1.82, 2.24) is 9.97 Å². The zero-order valence-corrected chi connectivity index (χ0v) is 7.34. The zero-order valence-electron chi connectivity index (χ0n) is 6.52. The van der Waals surface area contributed by atoms with Gasteiger partial charge in [0.2, 0.25) is 5.91 Å². The quantitative estimate of drug-likeness (QED) is 0.390. The molecule has 13 heavy (non-hydrogen) atoms. The third-order valence-electron chi connectivity index (χ3n) is 1.03. The van der Waals surface area contributed by atoms with Crippen molar-refractivity contribution in [2.75, 3.05) is 6.61 Å². The van der Waals surface area contributed by atoms with Gasteiger partial charge >= 0.3 is 0 Å². The van der Waals surface area contributed by atoms with Crippen molar-refractivity contribution in [1.29, 1.82) is 0 Å². The Hall–Kier alpha value is -1.47. The zero-order chi connectivity index (χ0) is 9.68. The predicted molar refractivity (Wildman–Crippen MR) is 46.5 cm³/mol. The van der Waals surface area contributed by atoms with Crippen molar-refractivity contribution < 1.29 is 14.6 Å². The maximum Gasteiger partial charge on any atom is 0.271 e. The number of hydrogen-bond donors (Lipinski definition) is 2. The molecule has 0 fully saturated rings. The van der Waals surface area contributed by atoms with Crippen molar-refractivity contribution in [3.63, 3.8) is 0 Å². The molecule has 0 bridgehead atoms. The van der Waals surface area contributed by atoms with Gasteiger partial charge in [-0.25, -0.2) is 4.98 Å². The van der Waals surface area contributed by atoms with E-state index in [-0.39, 0.29) is 11.7 Å². The van der Waals surface area contributed by atoms with E-state index in [1.807, 2.05) is 0 Å². The summed E-state index contributed by atoms with van der Waals surface area (Å²) >= 11 is 4.73. The number of rotatable bonds is 4. The van der Waals surface area contributed by atoms with Crippen LogP contribution in [0.15, 0.2) is 12.4 Å². The molecule has 0 aliphatic heterocycles. The number of carbonyl (C=O) groups excluding carboxylic acids is 1. The monoisotopic (exact) mass is 201 g/mol. The van der Waals surface area contributed by atoms with Gasteiger partial charge in [0.25, 0.3) is 5.05 Å². The van der Waals surface area contributed by atoms with Gasteiger partial charge in [-0.3, -0.25) is 4.79 Å². The van der Waals surface area contributed by atoms with Crippen LogP contribution in [0.2, 0.25) is 0 Å². The van der Waals surface area contributed by atoms with Gasteiger partial charge < -0.3 is 15.6 Å². The Balaban J connectivity index is 2.31. The summed E-state index contributed by atoms with van der Waals surface area (Å²) in [4.78, 5) is 25.7. The number of nitrogens with one attached hydrogen (secondary N) is 1. The Labute approximate surface area is 79.0 Å². The van der Waals surface area contributed by atoms with Crippen LogP contribution in [-0.4, -0.2) is 27.5 Å². The van der Waals surface area contributed by atoms with Gasteiger partial charge in [0.15, 0.2) is 12.4 Å². The molecule has 1 rings (SSSR count). The van der Waals surface area contributed by atoms with Gasteiger partial charge in [-0.1, -0.05) is 0 Å². The minimum Gasteiger partial charge on any atom is -0.368 e. The highest BCUT2D eigenvalue weighted by Crippen LogP contribution is 1.95. The highest BCUT2D eigenvalue weighted by atomic mass is 32.1. The normalized spacial score (nSPS) is 9.54. The first kappa shape index (κ1) is 9.62. The van der Waals surface area contributed by atoms with Crippen LogP contribution in [0.3, 0.4) is 0 Å². The number of aromatic amines is 1. The molecule has 1 aromatic heterocycles. The molecule has 1 amide bonds. The minimum atomic E-state index is -0.637. The molecule has 0 saturated heterocycles. The van der Waals surface area contributed by atoms with Crippen LogP contribution in [0, 0.1) is 0 Å². The van der Waals surface area contributed by atoms with Crippen LogP contribution in [0.25, 0.3) is 0 Å². The molecule has 3 N–H and O–H groups in total. The lowest BCUT2D eigenvalue weighted by molar-refractivity contribution is -0.216. The Morgan fingerprint density at radius 1 is 1.77 bits per heavy atom. The number of hydrogen-bond acceptors (Lipinski definition) is 5. The number of H-pyrrole nitrogens is 1. The van der Waals surface area contributed by atoms with Gasteiger partial charge in [-0.15, -0.1) is 0 Å². The first-order valence-corrected chi connectivity index (χ1v) is 3.72. The fraction of sp³-hybridized carbons (Fsp3) is 0.167. The highest BCUT2D eigenvalue weighted by Gasteiger charge is 2.06. The highest BCUT2D eigenvalue weighted by molar-refractivity contribution is 7.80. The SMILES string of the molecule is NC(=O)COOC(=S)c1ncc[nH]1. The molecule has 6 nitrogen and oxygen atoms in total. The molecule has 0 aliphatic carbocycles. The van der Waals surface area contributed by atoms with Crippen molar-refractivity contribution in [3.8, 4) is 0 Å². The van der Waals surface area contributed by atoms with Gasteiger partial charge in [0, 0.05) is 12.4 Å². The van der Waals surface area contributed by atoms with E-state index < -0.39 is 5.91 Å². The number of aromatic nitrogens is 2. The summed E-state index contributed by atoms with van der Waals surface area (Å²) in [7, 11) is 0. The number of nitrogens with two attached hydrogens (primary N) is 1. The molecular formula is C6H7N3O3S. The second-order valence-electron chi connectivity index (χ2n) is 2.04. The number of carbonyl (C=O) groups is 1. The van der Waals surface area contributed by atoms with E-state index in [2.05, 4.69) is 19.7 Å². The number of nitrogens with zero attached hydrogens (tertiary/aromatic N) is 1. The van der Waals surface area contributed by atoms with E-state index >= 15 is 0 Å². The van der Waals surface area contributed by atoms with Gasteiger partial charge in [-0.05, 0) is 12.2 Å². The second kappa shape index (κ2) is 4.53. The Bertz CT molecular complexity index is 298. The molecule has 0 atom stereocenters. The van der Waals surface area contributed by atoms with Crippen molar-refractivity contribution in [2.24, 2.45) is 5.73 Å². The minimum absolute atomic E-state index is 0.0197. The van der Waals surface area contributed by atoms with Gasteiger partial charge in [0.05, 0.1) is 0 Å². The molecule has 0 spiro atoms. The summed E-state index contributed by atoms with van der Waals surface area (Å²) in [5.74, 6) is -0.276. The molecule has 0 aliphatic rings. The fourth-order valence-corrected chi connectivity index (χ4v) is 0.717. The predicted octanol–water partition coefficient (Wildman–Crippen LogP) is -0.481. The van der Waals surface area contributed by atoms with Crippen LogP contribution in [0.1, 0.15) is 5.82 Å². The molecule has 0 radical (unpaired) electrons. The van der Waals surface area contributed by atoms with E-state index in [4.69, 9.17) is 18.0 Å². The molecule has 0 saturated carbocycles. The third kappa shape index (κ3) is 3.18. The van der Waals surface area contributed by atoms with E-state index in [0.717, 1.165) is 0 Å². The summed E-state index contributed by atoms with van der Waals surface area (Å²) in [6.45, 7) is -0.346. The second-order valence-corrected chi connectivity index (χ2v) is 2.41. The molecule has 0 aromatic carbocycles. The van der Waals surface area contributed by atoms with Crippen molar-refractivity contribution in [3.05, 3.63) is 18.2 Å². The van der Waals surface area contributed by atoms with E-state index in [1.165, 1.54) is 6.20 Å². The first-order chi connectivity index (χ1) is 6.20. The molecule has 7 heteroatoms. The van der Waals surface area contributed by atoms with Crippen LogP contribution < -0.4 is 5.73 Å². The van der Waals surface area contributed by atoms with Gasteiger partial charge in [-0.2, -0.15) is 4.89 Å². The summed E-state index contributed by atoms with van der Waals surface area (Å²) in [6, 6.07) is 0. The summed E-state index contributed by atoms with van der Waals surface area (Å²) in [5.41, 5.74) is 4.79. The van der Waals surface area contributed by atoms with Crippen LogP contribution in [-0.2, 0) is 14.6 Å². The van der Waals surface area contributed by atoms with E-state index in [9.17, 15) is 4.79 Å². The number of amides is 1. The average Bonchev–Trinajstić information content (AvgIpc) is 2.55. The fourth-order valence-electron chi connectivity index (χ4n) is 0.557. The number of primary amides is 1. The van der Waals surface area contributed by atoms with Crippen LogP contribution in [0.5, 0.6) is 0 Å². The topological polar surface area (TPSA) is 90.2 Å². The molecule has 1 aromatic rings. The lowest BCUT2D eigenvalue weighted by Gasteiger charge is -2.00. The Kier molecular flexibility index (Phi) is 3.35. The number of thiocarbonyl (C=S) groups is 1. The standard InChI is InChI=1S/C6H7N3O3S/c7-4(10)3-11-12-6(13)5-8-1-2-9-5/h1-2H,3H2,(H2,7,10)(H,8,9). The van der Waals surface area contributed by atoms with E-state index in [0.29, 0.717) is 5.82 Å². The Morgan fingerprint density at radius 3 is 3.08 bits per heavy atom. The molecule has 70 valence electrons. The Morgan fingerprint density at radius 2 is 2.54 bits per heavy atom. The summed E-state index contributed by atoms with van der Waals surface area (Å²) < 4.78 is 0. The van der Waals surface area contributed by atoms with Crippen molar-refractivity contribution >= 4 is 23.2 Å². The first-order valence-electron chi connectivity index (χ1n) is 3.31. The molecular weight excluding hydrogens is 194 g/mol. The summed E-state index contributed by atoms with van der Waals surface area (Å²) in [6.07, 6.45) is 3.10. The smallest absolute Gasteiger partial charge is 0.271 e. The number of imidazole rings is 1. The molecule has 0 unspecified atom stereocenters. The van der Waals surface area contributed by atoms with Gasteiger partial charge in [0.1, 0.15) is 0 Å². The lowest BCUT2D eigenvalue weighted by atomic mass is 10.7. The van der Waals surface area contributed by atoms with Crippen LogP contribution in [0.4, 0.5) is 0 Å². The van der Waals surface area contributed by atoms with Crippen LogP contribution >= 0.6 is 12.2 Å².